The summed E-state index contributed by atoms with van der Waals surface area (Å²) >= 11 is 0. The van der Waals surface area contributed by atoms with Gasteiger partial charge in [-0.2, -0.15) is 0 Å². The van der Waals surface area contributed by atoms with Gasteiger partial charge in [-0.25, -0.2) is 0 Å². The fourth-order valence-corrected chi connectivity index (χ4v) is 10.2. The molecule has 11 aromatic carbocycles. The van der Waals surface area contributed by atoms with Crippen LogP contribution in [0.25, 0.3) is 55.3 Å². The maximum Gasteiger partial charge on any atom is 0.106 e. The Labute approximate surface area is 503 Å². The van der Waals surface area contributed by atoms with E-state index in [1.54, 1.807) is 0 Å². The average Bonchev–Trinajstić information content (AvgIpc) is 3.10. The van der Waals surface area contributed by atoms with Crippen molar-refractivity contribution in [1.82, 2.24) is 5.32 Å². The molecule has 4 heteroatoms. The minimum atomic E-state index is 0.0377. The van der Waals surface area contributed by atoms with Gasteiger partial charge in [-0.3, -0.25) is 5.32 Å². The van der Waals surface area contributed by atoms with Crippen molar-refractivity contribution in [1.29, 1.82) is 0 Å². The lowest BCUT2D eigenvalue weighted by Crippen LogP contribution is -2.43. The lowest BCUT2D eigenvalue weighted by Gasteiger charge is -2.42. The van der Waals surface area contributed by atoms with Crippen molar-refractivity contribution in [3.05, 3.63) is 324 Å². The Morgan fingerprint density at radius 1 is 0.417 bits per heavy atom. The zero-order valence-electron chi connectivity index (χ0n) is 50.7. The van der Waals surface area contributed by atoms with Crippen molar-refractivity contribution in [3.8, 4) is 44.5 Å². The van der Waals surface area contributed by atoms with Crippen molar-refractivity contribution >= 4 is 22.1 Å². The minimum Gasteiger partial charge on any atom is -0.398 e. The van der Waals surface area contributed by atoms with Gasteiger partial charge < -0.3 is 16.4 Å². The number of nitrogens with one attached hydrogen (secondary N) is 1. The van der Waals surface area contributed by atoms with Crippen LogP contribution in [0.15, 0.2) is 285 Å². The summed E-state index contributed by atoms with van der Waals surface area (Å²) in [6.45, 7) is 14.9. The molecule has 1 aliphatic heterocycles. The van der Waals surface area contributed by atoms with Crippen molar-refractivity contribution in [2.75, 3.05) is 17.7 Å². The molecule has 0 bridgehead atoms. The zero-order chi connectivity index (χ0) is 59.5. The smallest absolute Gasteiger partial charge is 0.106 e. The van der Waals surface area contributed by atoms with Crippen LogP contribution in [0.2, 0.25) is 0 Å². The molecule has 4 nitrogen and oxygen atoms in total. The van der Waals surface area contributed by atoms with Crippen LogP contribution < -0.4 is 21.7 Å². The van der Waals surface area contributed by atoms with Crippen molar-refractivity contribution < 1.29 is 0 Å². The zero-order valence-corrected chi connectivity index (χ0v) is 50.7. The SMILES string of the molecule is CC.CC.CC/C=C\CC.CN1c2ccccc2C(c2ccc(-c3cccc(-c4ccccc4)c3)cc2)NC1c1ccc2cc(CN)ccc2c1.Cc1ccccc1.Nc1ccccc1Cc1ccc(-c2cccc(-c3ccccc3)c2)cc1. The first-order valence-electron chi connectivity index (χ1n) is 30.1. The Morgan fingerprint density at radius 2 is 0.845 bits per heavy atom. The van der Waals surface area contributed by atoms with Crippen molar-refractivity contribution in [2.45, 2.75) is 86.5 Å². The largest absolute Gasteiger partial charge is 0.398 e. The number of fused-ring (bicyclic) bond motifs is 2. The van der Waals surface area contributed by atoms with E-state index in [1.807, 2.05) is 70.2 Å². The summed E-state index contributed by atoms with van der Waals surface area (Å²) in [5.41, 5.74) is 32.6. The maximum absolute atomic E-state index is 6.06. The number of rotatable bonds is 11. The third kappa shape index (κ3) is 17.2. The molecule has 11 aromatic rings. The number of aryl methyl sites for hydroxylation is 1. The first-order chi connectivity index (χ1) is 41.3. The summed E-state index contributed by atoms with van der Waals surface area (Å²) in [7, 11) is 2.18. The molecular formula is C80H86N4. The Hall–Kier alpha value is -9.06. The maximum atomic E-state index is 6.06. The number of anilines is 2. The number of allylic oxidation sites excluding steroid dienone is 2. The number of benzene rings is 11. The number of nitrogens with two attached hydrogens (primary N) is 2. The molecule has 0 radical (unpaired) electrons. The van der Waals surface area contributed by atoms with E-state index in [1.165, 1.54) is 107 Å². The molecule has 84 heavy (non-hydrogen) atoms. The second kappa shape index (κ2) is 33.1. The number of hydrogen-bond donors (Lipinski definition) is 3. The molecule has 0 fully saturated rings. The van der Waals surface area contributed by atoms with E-state index in [0.29, 0.717) is 6.54 Å². The summed E-state index contributed by atoms with van der Waals surface area (Å²) in [4.78, 5) is 2.35. The lowest BCUT2D eigenvalue weighted by molar-refractivity contribution is 0.454. The molecule has 1 heterocycles. The van der Waals surface area contributed by atoms with Crippen LogP contribution in [0.3, 0.4) is 0 Å². The van der Waals surface area contributed by atoms with E-state index in [0.717, 1.165) is 17.7 Å². The topological polar surface area (TPSA) is 67.3 Å². The van der Waals surface area contributed by atoms with Crippen LogP contribution in [0.5, 0.6) is 0 Å². The Morgan fingerprint density at radius 3 is 1.36 bits per heavy atom. The molecular weight excluding hydrogens is 1020 g/mol. The first kappa shape index (κ1) is 62.5. The Balaban J connectivity index is 0.000000199. The van der Waals surface area contributed by atoms with Gasteiger partial charge in [-0.1, -0.05) is 296 Å². The summed E-state index contributed by atoms with van der Waals surface area (Å²) in [5.74, 6) is 0. The fourth-order valence-electron chi connectivity index (χ4n) is 10.2. The minimum absolute atomic E-state index is 0.0377. The van der Waals surface area contributed by atoms with Gasteiger partial charge >= 0.3 is 0 Å². The van der Waals surface area contributed by atoms with Crippen LogP contribution in [-0.2, 0) is 13.0 Å². The number of para-hydroxylation sites is 2. The quantitative estimate of drug-likeness (QED) is 0.0892. The second-order valence-corrected chi connectivity index (χ2v) is 20.3. The lowest BCUT2D eigenvalue weighted by atomic mass is 9.91. The molecule has 2 atom stereocenters. The standard InChI is InChI=1S/C38H33N3.C25H21N.C7H8.C6H12.2C2H6/c1-41-36-13-6-5-12-35(36)37(40-38(41)34-21-20-32-22-26(25-39)14-15-33(32)24-34)29-18-16-28(17-19-29)31-11-7-10-30(23-31)27-8-3-2-4-9-27;26-25-12-5-4-9-24(25)17-19-13-15-21(16-14-19)23-11-6-10-22(18-23)20-7-2-1-3-8-20;1-7-5-3-2-4-6-7;1-3-5-6-4-2;2*1-2/h2-24,37-38,40H,25,39H2,1H3;1-16,18H,17,26H2;2-6H,1H3;5-6H,3-4H2,1-2H3;2*1-2H3/b;;;6-5-;;. The van der Waals surface area contributed by atoms with Crippen LogP contribution in [0, 0.1) is 6.92 Å². The van der Waals surface area contributed by atoms with E-state index in [-0.39, 0.29) is 12.2 Å². The number of hydrogen-bond acceptors (Lipinski definition) is 4. The van der Waals surface area contributed by atoms with Gasteiger partial charge in [0.15, 0.2) is 0 Å². The van der Waals surface area contributed by atoms with E-state index in [9.17, 15) is 0 Å². The molecule has 0 aromatic heterocycles. The van der Waals surface area contributed by atoms with Crippen molar-refractivity contribution in [2.24, 2.45) is 5.73 Å². The summed E-state index contributed by atoms with van der Waals surface area (Å²) in [5, 5.41) is 6.43. The predicted octanol–water partition coefficient (Wildman–Crippen LogP) is 21.1. The van der Waals surface area contributed by atoms with Crippen LogP contribution in [-0.4, -0.2) is 7.05 Å². The molecule has 1 aliphatic rings. The summed E-state index contributed by atoms with van der Waals surface area (Å²) in [6, 6.07) is 96.7. The molecule has 0 spiro atoms. The van der Waals surface area contributed by atoms with Gasteiger partial charge in [-0.05, 0) is 151 Å². The van der Waals surface area contributed by atoms with E-state index in [2.05, 4.69) is 281 Å². The summed E-state index contributed by atoms with van der Waals surface area (Å²) < 4.78 is 0. The summed E-state index contributed by atoms with van der Waals surface area (Å²) in [6.07, 6.45) is 7.61. The fraction of sp³-hybridized carbons (Fsp3) is 0.175. The molecule has 2 unspecified atom stereocenters. The monoisotopic (exact) mass is 1100 g/mol. The van der Waals surface area contributed by atoms with Crippen LogP contribution in [0.4, 0.5) is 11.4 Å². The predicted molar refractivity (Wildman–Crippen MR) is 366 cm³/mol. The second-order valence-electron chi connectivity index (χ2n) is 20.3. The highest BCUT2D eigenvalue weighted by Crippen LogP contribution is 2.41. The van der Waals surface area contributed by atoms with Gasteiger partial charge in [0.1, 0.15) is 6.17 Å². The molecule has 0 amide bonds. The first-order valence-corrected chi connectivity index (χ1v) is 30.1. The van der Waals surface area contributed by atoms with Crippen molar-refractivity contribution in [3.63, 3.8) is 0 Å². The molecule has 12 rings (SSSR count). The van der Waals surface area contributed by atoms with Gasteiger partial charge in [0, 0.05) is 25.0 Å². The molecule has 426 valence electrons. The third-order valence-corrected chi connectivity index (χ3v) is 14.7. The van der Waals surface area contributed by atoms with Gasteiger partial charge in [0.05, 0.1) is 6.04 Å². The van der Waals surface area contributed by atoms with Crippen LogP contribution >= 0.6 is 0 Å². The highest BCUT2D eigenvalue weighted by molar-refractivity contribution is 5.84. The average molecular weight is 1100 g/mol. The third-order valence-electron chi connectivity index (χ3n) is 14.7. The molecule has 0 aliphatic carbocycles. The molecule has 0 saturated heterocycles. The van der Waals surface area contributed by atoms with E-state index in [4.69, 9.17) is 11.5 Å². The highest BCUT2D eigenvalue weighted by Gasteiger charge is 2.31. The van der Waals surface area contributed by atoms with Crippen LogP contribution in [0.1, 0.15) is 106 Å². The van der Waals surface area contributed by atoms with Gasteiger partial charge in [-0.15, -0.1) is 0 Å². The Kier molecular flexibility index (Phi) is 24.7. The van der Waals surface area contributed by atoms with E-state index >= 15 is 0 Å². The number of nitrogen functional groups attached to an aromatic ring is 1. The normalized spacial score (nSPS) is 12.9. The Bertz CT molecular complexity index is 3700. The van der Waals surface area contributed by atoms with Gasteiger partial charge in [0.2, 0.25) is 0 Å². The molecule has 0 saturated carbocycles. The number of nitrogens with zero attached hydrogens (tertiary/aromatic N) is 1. The van der Waals surface area contributed by atoms with Gasteiger partial charge in [0.25, 0.3) is 0 Å². The van der Waals surface area contributed by atoms with E-state index < -0.39 is 0 Å². The molecule has 5 N–H and O–H groups in total. The highest BCUT2D eigenvalue weighted by atomic mass is 15.3.